The molecule has 8 aromatic carbocycles. The van der Waals surface area contributed by atoms with Crippen LogP contribution >= 0.6 is 0 Å². The summed E-state index contributed by atoms with van der Waals surface area (Å²) in [5.41, 5.74) is 0. The smallest absolute Gasteiger partial charge is 0.407 e. The van der Waals surface area contributed by atoms with E-state index in [2.05, 4.69) is 333 Å². The molecule has 8 rings (SSSR count). The van der Waals surface area contributed by atoms with E-state index < -0.39 is 65.6 Å². The number of aliphatic hydroxyl groups is 2. The second kappa shape index (κ2) is 63.1. The van der Waals surface area contributed by atoms with Crippen molar-refractivity contribution in [2.24, 2.45) is 0 Å². The largest absolute Gasteiger partial charge is 1.00 e. The minimum absolute atomic E-state index is 0. The maximum absolute atomic E-state index is 10.6. The van der Waals surface area contributed by atoms with Crippen LogP contribution in [0.15, 0.2) is 243 Å². The Morgan fingerprint density at radius 1 is 0.285 bits per heavy atom. The Morgan fingerprint density at radius 2 is 0.469 bits per heavy atom. The van der Waals surface area contributed by atoms with Gasteiger partial charge in [0.15, 0.2) is 0 Å². The summed E-state index contributed by atoms with van der Waals surface area (Å²) in [5, 5.41) is 31.0. The molecule has 4 unspecified atom stereocenters. The SMILES string of the molecule is CC(C)(C)[Si](OCCCCCCOCC(COCCCCCCCCC=O)O[Si](c1ccccc1)(c1ccccc1)C(C)(C)C)(c1ccccc1)c1ccccc1.CCCCCCCCC(O)C(O)CCCCCCCCOCC(COCCCCCCO[Si](c1ccccc1)(c1ccccc1)C(C)(C)C)O[Si](c1ccccc1)(c1ccccc1)C(C)(C)C.[Na+].[O-][I+3]([O-])([O-])[O-]. The van der Waals surface area contributed by atoms with Gasteiger partial charge in [0.25, 0.3) is 33.3 Å². The third kappa shape index (κ3) is 39.5. The molecule has 15 nitrogen and oxygen atoms in total. The van der Waals surface area contributed by atoms with Crippen LogP contribution in [0, 0.1) is 0 Å². The van der Waals surface area contributed by atoms with Crippen molar-refractivity contribution in [3.05, 3.63) is 243 Å². The monoisotopic (exact) mass is 1980 g/mol. The van der Waals surface area contributed by atoms with Gasteiger partial charge in [-0.05, 0) is 119 Å². The molecule has 0 aliphatic heterocycles. The van der Waals surface area contributed by atoms with Gasteiger partial charge >= 0.3 is 29.6 Å². The molecule has 0 fully saturated rings. The summed E-state index contributed by atoms with van der Waals surface area (Å²) >= 11 is -5.94. The minimum atomic E-state index is -5.94. The normalized spacial score (nSPS) is 13.4. The van der Waals surface area contributed by atoms with Crippen LogP contribution in [-0.2, 0) is 41.4 Å². The molecule has 8 aromatic rings. The van der Waals surface area contributed by atoms with E-state index in [-0.39, 0.29) is 61.9 Å². The number of aldehydes is 1. The summed E-state index contributed by atoms with van der Waals surface area (Å²) in [6.45, 7) is 36.5. The Balaban J connectivity index is 0.000000439. The van der Waals surface area contributed by atoms with Gasteiger partial charge in [0.2, 0.25) is 0 Å². The second-order valence-electron chi connectivity index (χ2n) is 39.0. The average Bonchev–Trinajstić information content (AvgIpc) is 0.769. The first-order valence-corrected chi connectivity index (χ1v) is 59.9. The van der Waals surface area contributed by atoms with Crippen LogP contribution in [0.2, 0.25) is 20.2 Å². The van der Waals surface area contributed by atoms with E-state index >= 15 is 0 Å². The van der Waals surface area contributed by atoms with Crippen molar-refractivity contribution in [3.63, 3.8) is 0 Å². The number of benzene rings is 8. The van der Waals surface area contributed by atoms with Gasteiger partial charge in [-0.15, -0.1) is 0 Å². The molecular weight excluding hydrogens is 1810 g/mol. The molecule has 0 aliphatic rings. The van der Waals surface area contributed by atoms with Gasteiger partial charge in [0, 0.05) is 46.1 Å². The Kier molecular flexibility index (Phi) is 56.2. The van der Waals surface area contributed by atoms with Crippen LogP contribution in [0.1, 0.15) is 276 Å². The summed E-state index contributed by atoms with van der Waals surface area (Å²) in [4.78, 5) is 10.6. The minimum Gasteiger partial charge on any atom is -0.407 e. The molecule has 0 saturated heterocycles. The van der Waals surface area contributed by atoms with Crippen molar-refractivity contribution in [3.8, 4) is 0 Å². The van der Waals surface area contributed by atoms with Gasteiger partial charge in [-0.2, -0.15) is 0 Å². The maximum Gasteiger partial charge on any atom is 1.00 e. The number of unbranched alkanes of at least 4 members (excludes halogenated alkanes) is 22. The molecule has 4 atom stereocenters. The summed E-state index contributed by atoms with van der Waals surface area (Å²) in [7, 11) is -10.6. The fourth-order valence-corrected chi connectivity index (χ4v) is 36.7. The Labute approximate surface area is 818 Å². The standard InChI is InChI=1S/C59H92O6Si2.C50H72O5Si2.IO4.Na/c1-8-9-10-11-14-31-44-56(60)57(61)45-32-15-12-13-16-33-46-62-49-51(65-67(59(5,6)7,54-40-27-21-28-41-54)55-42-29-22-30-43-55)50-63-47-34-17-18-35-48-64-66(58(2,3)4,52-36-23-19-24-37-52)53-38-25-20-26-39-53;1-49(2,3)56(45-30-18-14-19-31-45,46-32-20-15-21-33-46)54-41-29-13-12-28-40-53-43-44(42-52-39-27-11-9-7-8-10-26-38-51)55-57(50(4,5)6,47-34-22-16-23-35-47)48-36-24-17-25-37-48;2-1(3,4)5;/h19-30,36-43,51,56-57,60-61H,8-18,31-35,44-50H2,1-7H3;14-25,30-38,44H,7-13,26-29,39-43H2,1-6H3;;/q;;-1;+1. The van der Waals surface area contributed by atoms with Crippen molar-refractivity contribution in [1.29, 1.82) is 0 Å². The van der Waals surface area contributed by atoms with Crippen molar-refractivity contribution >= 4 is 81.0 Å². The molecule has 0 saturated carbocycles. The molecule has 0 radical (unpaired) electrons. The average molecular weight is 1980 g/mol. The van der Waals surface area contributed by atoms with Crippen molar-refractivity contribution in [1.82, 2.24) is 0 Å². The first-order chi connectivity index (χ1) is 61.9. The molecule has 0 spiro atoms. The fourth-order valence-electron chi connectivity index (χ4n) is 18.2. The van der Waals surface area contributed by atoms with E-state index in [1.165, 1.54) is 80.0 Å². The number of hydrogen-bond donors (Lipinski definition) is 2. The Bertz CT molecular complexity index is 3940. The predicted octanol–water partition coefficient (Wildman–Crippen LogP) is 11.6. The van der Waals surface area contributed by atoms with Crippen LogP contribution in [-0.4, -0.2) is 140 Å². The van der Waals surface area contributed by atoms with E-state index in [0.717, 1.165) is 148 Å². The molecule has 130 heavy (non-hydrogen) atoms. The van der Waals surface area contributed by atoms with E-state index in [1.807, 2.05) is 0 Å². The summed E-state index contributed by atoms with van der Waals surface area (Å²) in [5.74, 6) is 0. The quantitative estimate of drug-likeness (QED) is 0.0157. The fraction of sp³-hybridized carbons (Fsp3) is 0.550. The number of carbonyl (C=O) groups is 1. The third-order valence-corrected chi connectivity index (χ3v) is 45.0. The van der Waals surface area contributed by atoms with Crippen LogP contribution in [0.3, 0.4) is 0 Å². The zero-order valence-corrected chi connectivity index (χ0v) is 90.3. The maximum atomic E-state index is 10.6. The molecule has 2 N–H and O–H groups in total. The second-order valence-corrected chi connectivity index (χ2v) is 58.3. The zero-order chi connectivity index (χ0) is 93.7. The molecule has 0 amide bonds. The van der Waals surface area contributed by atoms with E-state index in [0.29, 0.717) is 72.1 Å². The number of ether oxygens (including phenoxy) is 4. The molecule has 714 valence electrons. The number of aliphatic hydroxyl groups excluding tert-OH is 2. The van der Waals surface area contributed by atoms with Gasteiger partial charge in [0.1, 0.15) is 26.4 Å². The van der Waals surface area contributed by atoms with Gasteiger partial charge < -0.3 is 51.7 Å². The molecule has 0 heterocycles. The van der Waals surface area contributed by atoms with Crippen LogP contribution in [0.5, 0.6) is 0 Å². The van der Waals surface area contributed by atoms with Gasteiger partial charge in [-0.25, -0.2) is 0 Å². The van der Waals surface area contributed by atoms with Crippen molar-refractivity contribution in [2.45, 2.75) is 321 Å². The number of halogens is 1. The molecule has 0 aromatic heterocycles. The Morgan fingerprint density at radius 3 is 0.677 bits per heavy atom. The number of rotatable bonds is 62. The molecule has 0 bridgehead atoms. The molecule has 21 heteroatoms. The topological polar surface area (TPSA) is 224 Å². The van der Waals surface area contributed by atoms with Crippen molar-refractivity contribution < 1.29 is 115 Å². The van der Waals surface area contributed by atoms with Crippen LogP contribution < -0.4 is 105 Å². The first kappa shape index (κ1) is 116. The first-order valence-electron chi connectivity index (χ1n) is 48.7. The van der Waals surface area contributed by atoms with Gasteiger partial charge in [0.05, 0.1) is 50.8 Å². The van der Waals surface area contributed by atoms with E-state index in [4.69, 9.17) is 50.4 Å². The third-order valence-electron chi connectivity index (χ3n) is 24.8. The predicted molar refractivity (Wildman–Crippen MR) is 533 cm³/mol. The molecule has 0 aliphatic carbocycles. The molecular formula is C109H164INaO15Si4. The number of hydrogen-bond acceptors (Lipinski definition) is 15. The Hall–Kier alpha value is -4.53. The van der Waals surface area contributed by atoms with Crippen LogP contribution in [0.4, 0.5) is 0 Å². The van der Waals surface area contributed by atoms with Crippen LogP contribution in [0.25, 0.3) is 0 Å². The van der Waals surface area contributed by atoms with Crippen molar-refractivity contribution in [2.75, 3.05) is 66.1 Å². The van der Waals surface area contributed by atoms with E-state index in [9.17, 15) is 15.0 Å². The zero-order valence-electron chi connectivity index (χ0n) is 82.1. The number of carbonyl (C=O) groups excluding carboxylic acids is 1. The summed E-state index contributed by atoms with van der Waals surface area (Å²) in [6.07, 6.45) is 30.2. The summed E-state index contributed by atoms with van der Waals surface area (Å²) < 4.78 is 89.6. The summed E-state index contributed by atoms with van der Waals surface area (Å²) in [6, 6.07) is 87.1. The van der Waals surface area contributed by atoms with E-state index in [1.54, 1.807) is 0 Å². The van der Waals surface area contributed by atoms with Gasteiger partial charge in [-0.3, -0.25) is 13.7 Å². The van der Waals surface area contributed by atoms with Gasteiger partial charge in [-0.1, -0.05) is 455 Å².